The van der Waals surface area contributed by atoms with Crippen molar-refractivity contribution in [2.75, 3.05) is 26.8 Å². The Hall–Kier alpha value is -0.650. The molecule has 0 radical (unpaired) electrons. The second-order valence-electron chi connectivity index (χ2n) is 11.5. The average Bonchev–Trinajstić information content (AvgIpc) is 2.99. The van der Waals surface area contributed by atoms with Gasteiger partial charge in [0.1, 0.15) is 0 Å². The van der Waals surface area contributed by atoms with E-state index in [0.29, 0.717) is 6.61 Å². The summed E-state index contributed by atoms with van der Waals surface area (Å²) in [4.78, 5) is 15.5. The number of hydrogen-bond donors (Lipinski definition) is 1. The van der Waals surface area contributed by atoms with Crippen molar-refractivity contribution in [1.82, 2.24) is 10.2 Å². The van der Waals surface area contributed by atoms with Gasteiger partial charge in [-0.15, -0.1) is 0 Å². The van der Waals surface area contributed by atoms with E-state index >= 15 is 0 Å². The summed E-state index contributed by atoms with van der Waals surface area (Å²) in [6.07, 6.45) is 4.88. The van der Waals surface area contributed by atoms with Crippen LogP contribution in [0.3, 0.4) is 0 Å². The summed E-state index contributed by atoms with van der Waals surface area (Å²) in [5.74, 6) is 0.162. The number of rotatable bonds is 12. The molecule has 1 amide bonds. The second-order valence-corrected chi connectivity index (χ2v) is 11.5. The number of nitrogens with one attached hydrogen (secondary N) is 1. The van der Waals surface area contributed by atoms with Gasteiger partial charge in [-0.2, -0.15) is 0 Å². The molecule has 0 aromatic rings. The Bertz CT molecular complexity index is 526. The average molecular weight is 413 g/mol. The minimum atomic E-state index is -0.300. The lowest BCUT2D eigenvalue weighted by Crippen LogP contribution is -2.54. The molecule has 1 rings (SSSR count). The topological polar surface area (TPSA) is 50.8 Å². The molecule has 0 aliphatic carbocycles. The molecule has 1 unspecified atom stereocenters. The van der Waals surface area contributed by atoms with E-state index in [9.17, 15) is 4.79 Å². The van der Waals surface area contributed by atoms with Gasteiger partial charge in [-0.1, -0.05) is 13.8 Å². The van der Waals surface area contributed by atoms with Crippen LogP contribution < -0.4 is 5.32 Å². The highest BCUT2D eigenvalue weighted by molar-refractivity contribution is 5.82. The van der Waals surface area contributed by atoms with Crippen molar-refractivity contribution < 1.29 is 14.3 Å². The largest absolute Gasteiger partial charge is 0.379 e. The maximum absolute atomic E-state index is 13.1. The molecule has 29 heavy (non-hydrogen) atoms. The Morgan fingerprint density at radius 3 is 2.21 bits per heavy atom. The van der Waals surface area contributed by atoms with Gasteiger partial charge in [0.2, 0.25) is 5.91 Å². The quantitative estimate of drug-likeness (QED) is 0.501. The molecule has 1 heterocycles. The summed E-state index contributed by atoms with van der Waals surface area (Å²) in [5, 5.41) is 3.31. The van der Waals surface area contributed by atoms with E-state index in [1.807, 2.05) is 6.92 Å². The molecule has 1 atom stereocenters. The summed E-state index contributed by atoms with van der Waals surface area (Å²) in [7, 11) is 1.78. The molecule has 0 bridgehead atoms. The third-order valence-electron chi connectivity index (χ3n) is 6.06. The predicted molar refractivity (Wildman–Crippen MR) is 121 cm³/mol. The molecule has 1 N–H and O–H groups in total. The van der Waals surface area contributed by atoms with Gasteiger partial charge in [0.05, 0.1) is 17.2 Å². The first-order chi connectivity index (χ1) is 13.1. The molecule has 0 aromatic heterocycles. The number of methoxy groups -OCH3 is 1. The van der Waals surface area contributed by atoms with Crippen molar-refractivity contribution in [2.24, 2.45) is 5.41 Å². The van der Waals surface area contributed by atoms with E-state index in [0.717, 1.165) is 45.2 Å². The fourth-order valence-corrected chi connectivity index (χ4v) is 5.12. The van der Waals surface area contributed by atoms with Gasteiger partial charge in [-0.25, -0.2) is 0 Å². The highest BCUT2D eigenvalue weighted by Crippen LogP contribution is 2.34. The molecule has 1 aliphatic heterocycles. The van der Waals surface area contributed by atoms with Gasteiger partial charge >= 0.3 is 0 Å². The molecule has 0 aromatic carbocycles. The van der Waals surface area contributed by atoms with Gasteiger partial charge in [0.25, 0.3) is 0 Å². The molecule has 0 spiro atoms. The Labute approximate surface area is 180 Å². The molecule has 1 aliphatic rings. The first-order valence-electron chi connectivity index (χ1n) is 11.4. The minimum Gasteiger partial charge on any atom is -0.379 e. The van der Waals surface area contributed by atoms with Crippen molar-refractivity contribution in [3.63, 3.8) is 0 Å². The fourth-order valence-electron chi connectivity index (χ4n) is 5.12. The molecular weight excluding hydrogens is 364 g/mol. The molecule has 172 valence electrons. The summed E-state index contributed by atoms with van der Waals surface area (Å²) >= 11 is 0. The number of ether oxygens (including phenoxy) is 2. The first-order valence-corrected chi connectivity index (χ1v) is 11.4. The Morgan fingerprint density at radius 1 is 1.03 bits per heavy atom. The van der Waals surface area contributed by atoms with Crippen LogP contribution in [0.2, 0.25) is 0 Å². The van der Waals surface area contributed by atoms with Crippen molar-refractivity contribution >= 4 is 5.91 Å². The van der Waals surface area contributed by atoms with Crippen molar-refractivity contribution in [3.8, 4) is 0 Å². The lowest BCUT2D eigenvalue weighted by Gasteiger charge is -2.38. The minimum absolute atomic E-state index is 0.0179. The number of carbonyl (C=O) groups excluding carboxylic acids is 1. The van der Waals surface area contributed by atoms with Crippen LogP contribution in [-0.4, -0.2) is 60.4 Å². The third kappa shape index (κ3) is 9.35. The standard InChI is InChI=1S/C24H48N2O3/c1-11-29-24(8,9)18-22(4,5)25-20(27)19-13-12-15-26(19)16-14-21(2,3)17-23(6,7)28-10/h19H,11-18H2,1-10H3,(H,25,27). The van der Waals surface area contributed by atoms with Crippen molar-refractivity contribution in [3.05, 3.63) is 0 Å². The molecule has 1 fully saturated rings. The van der Waals surface area contributed by atoms with E-state index in [1.54, 1.807) is 7.11 Å². The van der Waals surface area contributed by atoms with Crippen molar-refractivity contribution in [2.45, 2.75) is 117 Å². The van der Waals surface area contributed by atoms with E-state index in [4.69, 9.17) is 9.47 Å². The fraction of sp³-hybridized carbons (Fsp3) is 0.958. The number of amides is 1. The van der Waals surface area contributed by atoms with E-state index in [-0.39, 0.29) is 34.1 Å². The summed E-state index contributed by atoms with van der Waals surface area (Å²) in [6.45, 7) is 21.9. The van der Waals surface area contributed by atoms with E-state index in [1.165, 1.54) is 0 Å². The molecular formula is C24H48N2O3. The highest BCUT2D eigenvalue weighted by atomic mass is 16.5. The van der Waals surface area contributed by atoms with Crippen LogP contribution in [0.1, 0.15) is 94.4 Å². The Kier molecular flexibility index (Phi) is 9.19. The third-order valence-corrected chi connectivity index (χ3v) is 6.06. The normalized spacial score (nSPS) is 19.6. The molecule has 5 heteroatoms. The van der Waals surface area contributed by atoms with Crippen LogP contribution in [0.15, 0.2) is 0 Å². The summed E-state index contributed by atoms with van der Waals surface area (Å²) < 4.78 is 11.5. The van der Waals surface area contributed by atoms with Crippen LogP contribution in [0.25, 0.3) is 0 Å². The molecule has 5 nitrogen and oxygen atoms in total. The Balaban J connectivity index is 2.65. The maximum atomic E-state index is 13.1. The lowest BCUT2D eigenvalue weighted by atomic mass is 9.79. The lowest BCUT2D eigenvalue weighted by molar-refractivity contribution is -0.128. The van der Waals surface area contributed by atoms with Crippen molar-refractivity contribution in [1.29, 1.82) is 0 Å². The van der Waals surface area contributed by atoms with Gasteiger partial charge in [-0.05, 0) is 99.1 Å². The number of nitrogens with zero attached hydrogens (tertiary/aromatic N) is 1. The van der Waals surface area contributed by atoms with E-state index in [2.05, 4.69) is 65.6 Å². The van der Waals surface area contributed by atoms with Crippen LogP contribution in [-0.2, 0) is 14.3 Å². The number of carbonyl (C=O) groups is 1. The zero-order chi connectivity index (χ0) is 22.5. The van der Waals surface area contributed by atoms with Gasteiger partial charge in [0, 0.05) is 19.3 Å². The Morgan fingerprint density at radius 2 is 1.66 bits per heavy atom. The zero-order valence-electron chi connectivity index (χ0n) is 20.9. The van der Waals surface area contributed by atoms with Crippen LogP contribution in [0.4, 0.5) is 0 Å². The highest BCUT2D eigenvalue weighted by Gasteiger charge is 2.37. The number of hydrogen-bond acceptors (Lipinski definition) is 4. The molecule has 1 saturated heterocycles. The summed E-state index contributed by atoms with van der Waals surface area (Å²) in [5.41, 5.74) is -0.503. The van der Waals surface area contributed by atoms with Gasteiger partial charge < -0.3 is 14.8 Å². The van der Waals surface area contributed by atoms with Crippen LogP contribution in [0, 0.1) is 5.41 Å². The van der Waals surface area contributed by atoms with Gasteiger partial charge in [0.15, 0.2) is 0 Å². The van der Waals surface area contributed by atoms with Gasteiger partial charge in [-0.3, -0.25) is 9.69 Å². The maximum Gasteiger partial charge on any atom is 0.237 e. The predicted octanol–water partition coefficient (Wildman–Crippen LogP) is 4.78. The van der Waals surface area contributed by atoms with E-state index < -0.39 is 0 Å². The molecule has 0 saturated carbocycles. The second kappa shape index (κ2) is 10.1. The zero-order valence-corrected chi connectivity index (χ0v) is 20.9. The monoisotopic (exact) mass is 412 g/mol. The first kappa shape index (κ1) is 26.4. The van der Waals surface area contributed by atoms with Crippen LogP contribution in [0.5, 0.6) is 0 Å². The SMILES string of the molecule is CCOC(C)(C)CC(C)(C)NC(=O)C1CCCN1CCC(C)(C)CC(C)(C)OC. The summed E-state index contributed by atoms with van der Waals surface area (Å²) in [6, 6.07) is -0.0179. The van der Waals surface area contributed by atoms with Crippen LogP contribution >= 0.6 is 0 Å². The number of likely N-dealkylation sites (tertiary alicyclic amines) is 1. The smallest absolute Gasteiger partial charge is 0.237 e.